The molecule has 1 unspecified atom stereocenters. The van der Waals surface area contributed by atoms with Crippen LogP contribution in [0.3, 0.4) is 0 Å². The highest BCUT2D eigenvalue weighted by Gasteiger charge is 2.21. The number of urea groups is 1. The smallest absolute Gasteiger partial charge is 0.319 e. The molecule has 4 N–H and O–H groups in total. The molecular weight excluding hydrogens is 304 g/mol. The van der Waals surface area contributed by atoms with Gasteiger partial charge in [-0.25, -0.2) is 4.79 Å². The number of carbonyl (C=O) groups excluding carboxylic acids is 1. The normalized spacial score (nSPS) is 16.5. The number of amides is 2. The van der Waals surface area contributed by atoms with Gasteiger partial charge in [-0.15, -0.1) is 0 Å². The number of rotatable bonds is 5. The van der Waals surface area contributed by atoms with Crippen molar-refractivity contribution in [2.45, 2.75) is 38.2 Å². The van der Waals surface area contributed by atoms with E-state index in [1.807, 2.05) is 30.5 Å². The topological polar surface area (TPSA) is 90.0 Å². The van der Waals surface area contributed by atoms with Crippen molar-refractivity contribution in [1.29, 1.82) is 0 Å². The Labute approximate surface area is 141 Å². The molecule has 1 fully saturated rings. The van der Waals surface area contributed by atoms with E-state index >= 15 is 0 Å². The van der Waals surface area contributed by atoms with Crippen LogP contribution in [0, 0.1) is 5.92 Å². The zero-order valence-corrected chi connectivity index (χ0v) is 13.7. The first-order chi connectivity index (χ1) is 11.7. The molecule has 0 radical (unpaired) electrons. The third-order valence-electron chi connectivity index (χ3n) is 4.64. The van der Waals surface area contributed by atoms with E-state index in [0.717, 1.165) is 24.0 Å². The zero-order valence-electron chi connectivity index (χ0n) is 13.7. The Morgan fingerprint density at radius 1 is 1.21 bits per heavy atom. The summed E-state index contributed by atoms with van der Waals surface area (Å²) in [6.07, 6.45) is 8.84. The van der Waals surface area contributed by atoms with Crippen molar-refractivity contribution < 1.29 is 9.90 Å². The van der Waals surface area contributed by atoms with E-state index < -0.39 is 6.10 Å². The van der Waals surface area contributed by atoms with Crippen LogP contribution in [-0.2, 0) is 0 Å². The molecule has 0 saturated heterocycles. The SMILES string of the molecule is O=C(NCC(O)C1CCCCC1)Nc1ccc(-c2cn[nH]c2)cc1. The molecule has 24 heavy (non-hydrogen) atoms. The van der Waals surface area contributed by atoms with Gasteiger partial charge < -0.3 is 15.7 Å². The fraction of sp³-hybridized carbons (Fsp3) is 0.444. The maximum atomic E-state index is 12.0. The third kappa shape index (κ3) is 4.35. The molecule has 2 aromatic rings. The lowest BCUT2D eigenvalue weighted by Crippen LogP contribution is -2.39. The predicted molar refractivity (Wildman–Crippen MR) is 93.6 cm³/mol. The highest BCUT2D eigenvalue weighted by Crippen LogP contribution is 2.26. The summed E-state index contributed by atoms with van der Waals surface area (Å²) in [4.78, 5) is 12.0. The number of H-pyrrole nitrogens is 1. The molecule has 1 aliphatic rings. The summed E-state index contributed by atoms with van der Waals surface area (Å²) < 4.78 is 0. The number of nitrogens with one attached hydrogen (secondary N) is 3. The van der Waals surface area contributed by atoms with Gasteiger partial charge in [0, 0.05) is 24.0 Å². The number of aromatic nitrogens is 2. The first-order valence-electron chi connectivity index (χ1n) is 8.54. The molecule has 1 aromatic heterocycles. The Kier molecular flexibility index (Phi) is 5.48. The van der Waals surface area contributed by atoms with Crippen molar-refractivity contribution in [3.8, 4) is 11.1 Å². The van der Waals surface area contributed by atoms with Crippen molar-refractivity contribution in [3.05, 3.63) is 36.7 Å². The first kappa shape index (κ1) is 16.5. The Morgan fingerprint density at radius 2 is 1.96 bits per heavy atom. The molecule has 0 spiro atoms. The molecule has 0 bridgehead atoms. The molecular formula is C18H24N4O2. The van der Waals surface area contributed by atoms with Gasteiger partial charge in [0.05, 0.1) is 12.3 Å². The van der Waals surface area contributed by atoms with Crippen LogP contribution in [0.4, 0.5) is 10.5 Å². The molecule has 1 aliphatic carbocycles. The van der Waals surface area contributed by atoms with E-state index in [2.05, 4.69) is 20.8 Å². The lowest BCUT2D eigenvalue weighted by Gasteiger charge is -2.26. The number of aromatic amines is 1. The van der Waals surface area contributed by atoms with Crippen LogP contribution in [0.5, 0.6) is 0 Å². The molecule has 128 valence electrons. The van der Waals surface area contributed by atoms with Crippen LogP contribution in [-0.4, -0.2) is 34.0 Å². The van der Waals surface area contributed by atoms with Crippen molar-refractivity contribution in [1.82, 2.24) is 15.5 Å². The molecule has 1 saturated carbocycles. The molecule has 6 nitrogen and oxygen atoms in total. The van der Waals surface area contributed by atoms with Gasteiger partial charge in [0.2, 0.25) is 0 Å². The summed E-state index contributed by atoms with van der Waals surface area (Å²) in [7, 11) is 0. The second kappa shape index (κ2) is 7.97. The van der Waals surface area contributed by atoms with E-state index in [1.165, 1.54) is 19.3 Å². The zero-order chi connectivity index (χ0) is 16.8. The summed E-state index contributed by atoms with van der Waals surface area (Å²) in [6, 6.07) is 7.26. The van der Waals surface area contributed by atoms with Crippen molar-refractivity contribution in [2.24, 2.45) is 5.92 Å². The first-order valence-corrected chi connectivity index (χ1v) is 8.54. The maximum Gasteiger partial charge on any atom is 0.319 e. The quantitative estimate of drug-likeness (QED) is 0.679. The molecule has 3 rings (SSSR count). The summed E-state index contributed by atoms with van der Waals surface area (Å²) in [6.45, 7) is 0.295. The number of aliphatic hydroxyl groups is 1. The fourth-order valence-corrected chi connectivity index (χ4v) is 3.21. The number of benzene rings is 1. The Bertz CT molecular complexity index is 634. The minimum absolute atomic E-state index is 0.291. The molecule has 2 amide bonds. The van der Waals surface area contributed by atoms with Gasteiger partial charge in [-0.2, -0.15) is 5.10 Å². The summed E-state index contributed by atoms with van der Waals surface area (Å²) in [5.41, 5.74) is 2.75. The van der Waals surface area contributed by atoms with Crippen LogP contribution < -0.4 is 10.6 Å². The lowest BCUT2D eigenvalue weighted by atomic mass is 9.85. The van der Waals surface area contributed by atoms with Gasteiger partial charge in [-0.1, -0.05) is 31.4 Å². The summed E-state index contributed by atoms with van der Waals surface area (Å²) in [5, 5.41) is 22.4. The predicted octanol–water partition coefficient (Wildman–Crippen LogP) is 3.14. The van der Waals surface area contributed by atoms with Crippen molar-refractivity contribution in [2.75, 3.05) is 11.9 Å². The number of aliphatic hydroxyl groups excluding tert-OH is 1. The number of anilines is 1. The van der Waals surface area contributed by atoms with Crippen molar-refractivity contribution in [3.63, 3.8) is 0 Å². The van der Waals surface area contributed by atoms with E-state index in [4.69, 9.17) is 0 Å². The average molecular weight is 328 g/mol. The van der Waals surface area contributed by atoms with Crippen LogP contribution in [0.1, 0.15) is 32.1 Å². The minimum atomic E-state index is -0.459. The molecule has 1 heterocycles. The van der Waals surface area contributed by atoms with Gasteiger partial charge in [-0.3, -0.25) is 5.10 Å². The molecule has 1 atom stereocenters. The van der Waals surface area contributed by atoms with Gasteiger partial charge in [0.1, 0.15) is 0 Å². The Balaban J connectivity index is 1.46. The molecule has 6 heteroatoms. The van der Waals surface area contributed by atoms with E-state index in [-0.39, 0.29) is 6.03 Å². The van der Waals surface area contributed by atoms with Crippen LogP contribution in [0.2, 0.25) is 0 Å². The number of nitrogens with zero attached hydrogens (tertiary/aromatic N) is 1. The average Bonchev–Trinajstić information content (AvgIpc) is 3.16. The number of hydrogen-bond acceptors (Lipinski definition) is 3. The second-order valence-corrected chi connectivity index (χ2v) is 6.36. The molecule has 0 aliphatic heterocycles. The van der Waals surface area contributed by atoms with Crippen molar-refractivity contribution >= 4 is 11.7 Å². The fourth-order valence-electron chi connectivity index (χ4n) is 3.21. The Morgan fingerprint density at radius 3 is 2.62 bits per heavy atom. The van der Waals surface area contributed by atoms with E-state index in [0.29, 0.717) is 18.2 Å². The minimum Gasteiger partial charge on any atom is -0.391 e. The number of carbonyl (C=O) groups is 1. The highest BCUT2D eigenvalue weighted by molar-refractivity contribution is 5.89. The van der Waals surface area contributed by atoms with Crippen LogP contribution in [0.25, 0.3) is 11.1 Å². The lowest BCUT2D eigenvalue weighted by molar-refractivity contribution is 0.0863. The van der Waals surface area contributed by atoms with Gasteiger partial charge in [0.25, 0.3) is 0 Å². The third-order valence-corrected chi connectivity index (χ3v) is 4.64. The Hall–Kier alpha value is -2.34. The number of hydrogen-bond donors (Lipinski definition) is 4. The monoisotopic (exact) mass is 328 g/mol. The van der Waals surface area contributed by atoms with E-state index in [9.17, 15) is 9.90 Å². The van der Waals surface area contributed by atoms with Crippen LogP contribution in [0.15, 0.2) is 36.7 Å². The standard InChI is InChI=1S/C18H24N4O2/c23-17(14-4-2-1-3-5-14)12-19-18(24)22-16-8-6-13(7-9-16)15-10-20-21-11-15/h6-11,14,17,23H,1-5,12H2,(H,20,21)(H2,19,22,24). The maximum absolute atomic E-state index is 12.0. The van der Waals surface area contributed by atoms with Gasteiger partial charge in [0.15, 0.2) is 0 Å². The second-order valence-electron chi connectivity index (χ2n) is 6.36. The van der Waals surface area contributed by atoms with Crippen LogP contribution >= 0.6 is 0 Å². The summed E-state index contributed by atoms with van der Waals surface area (Å²) in [5.74, 6) is 0.313. The van der Waals surface area contributed by atoms with Gasteiger partial charge >= 0.3 is 6.03 Å². The van der Waals surface area contributed by atoms with E-state index in [1.54, 1.807) is 6.20 Å². The van der Waals surface area contributed by atoms with Gasteiger partial charge in [-0.05, 0) is 36.5 Å². The summed E-state index contributed by atoms with van der Waals surface area (Å²) >= 11 is 0. The highest BCUT2D eigenvalue weighted by atomic mass is 16.3. The molecule has 1 aromatic carbocycles. The largest absolute Gasteiger partial charge is 0.391 e.